The van der Waals surface area contributed by atoms with Gasteiger partial charge >= 0.3 is 0 Å². The van der Waals surface area contributed by atoms with Crippen LogP contribution in [0.15, 0.2) is 10.6 Å². The van der Waals surface area contributed by atoms with E-state index in [2.05, 4.69) is 15.8 Å². The third-order valence-electron chi connectivity index (χ3n) is 2.70. The molecule has 0 fully saturated rings. The Labute approximate surface area is 118 Å². The van der Waals surface area contributed by atoms with Gasteiger partial charge in [-0.2, -0.15) is 0 Å². The number of amides is 1. The molecule has 0 aliphatic rings. The lowest BCUT2D eigenvalue weighted by Gasteiger charge is -2.01. The Hall–Kier alpha value is -1.73. The number of likely N-dealkylation sites (N-methyl/N-ethyl adjacent to an activating group) is 1. The van der Waals surface area contributed by atoms with Gasteiger partial charge in [-0.25, -0.2) is 0 Å². The fourth-order valence-electron chi connectivity index (χ4n) is 1.56. The molecule has 4 N–H and O–H groups in total. The second-order valence-corrected chi connectivity index (χ2v) is 4.40. The number of unbranched alkanes of at least 4 members (excludes halogenated alkanes) is 1. The van der Waals surface area contributed by atoms with E-state index < -0.39 is 0 Å². The summed E-state index contributed by atoms with van der Waals surface area (Å²) in [4.78, 5) is 23.1. The molecule has 7 heteroatoms. The minimum absolute atomic E-state index is 0.0598. The molecule has 1 heterocycles. The van der Waals surface area contributed by atoms with Gasteiger partial charge in [0.1, 0.15) is 0 Å². The Morgan fingerprint density at radius 3 is 2.90 bits per heavy atom. The zero-order chi connectivity index (χ0) is 14.8. The summed E-state index contributed by atoms with van der Waals surface area (Å²) in [5.41, 5.74) is 5.63. The Kier molecular flexibility index (Phi) is 7.52. The number of hydrogen-bond donors (Lipinski definition) is 3. The van der Waals surface area contributed by atoms with Gasteiger partial charge in [0.15, 0.2) is 17.2 Å². The number of aromatic nitrogens is 1. The monoisotopic (exact) mass is 282 g/mol. The van der Waals surface area contributed by atoms with Crippen LogP contribution in [-0.2, 0) is 11.3 Å². The van der Waals surface area contributed by atoms with Crippen LogP contribution in [0.5, 0.6) is 0 Å². The first-order valence-electron chi connectivity index (χ1n) is 6.83. The molecule has 0 saturated heterocycles. The van der Waals surface area contributed by atoms with Gasteiger partial charge < -0.3 is 20.9 Å². The average molecular weight is 282 g/mol. The summed E-state index contributed by atoms with van der Waals surface area (Å²) >= 11 is 0. The van der Waals surface area contributed by atoms with Gasteiger partial charge in [0, 0.05) is 12.5 Å². The van der Waals surface area contributed by atoms with E-state index in [4.69, 9.17) is 10.3 Å². The topological polar surface area (TPSA) is 110 Å². The number of carbonyl (C=O) groups is 2. The zero-order valence-electron chi connectivity index (χ0n) is 11.8. The number of nitrogens with two attached hydrogens (primary N) is 1. The van der Waals surface area contributed by atoms with Crippen LogP contribution < -0.4 is 16.4 Å². The number of rotatable bonds is 10. The highest BCUT2D eigenvalue weighted by atomic mass is 16.5. The van der Waals surface area contributed by atoms with Crippen LogP contribution in [0.25, 0.3) is 0 Å². The first kappa shape index (κ1) is 16.3. The highest BCUT2D eigenvalue weighted by Crippen LogP contribution is 2.04. The van der Waals surface area contributed by atoms with Crippen molar-refractivity contribution >= 4 is 11.7 Å². The molecule has 7 nitrogen and oxygen atoms in total. The van der Waals surface area contributed by atoms with Crippen molar-refractivity contribution in [1.82, 2.24) is 15.8 Å². The number of hydrogen-bond acceptors (Lipinski definition) is 6. The summed E-state index contributed by atoms with van der Waals surface area (Å²) in [5.74, 6) is 0.281. The predicted octanol–water partition coefficient (Wildman–Crippen LogP) is 0.212. The highest BCUT2D eigenvalue weighted by Gasteiger charge is 2.12. The van der Waals surface area contributed by atoms with Crippen LogP contribution in [0.4, 0.5) is 0 Å². The molecule has 1 amide bonds. The van der Waals surface area contributed by atoms with Gasteiger partial charge in [-0.05, 0) is 25.9 Å². The van der Waals surface area contributed by atoms with E-state index in [1.165, 1.54) is 0 Å². The third kappa shape index (κ3) is 5.94. The van der Waals surface area contributed by atoms with Gasteiger partial charge in [-0.15, -0.1) is 0 Å². The van der Waals surface area contributed by atoms with Gasteiger partial charge in [0.05, 0.1) is 13.1 Å². The minimum Gasteiger partial charge on any atom is -0.359 e. The maximum atomic E-state index is 11.6. The molecule has 0 spiro atoms. The van der Waals surface area contributed by atoms with Crippen molar-refractivity contribution in [2.75, 3.05) is 19.6 Å². The fraction of sp³-hybridized carbons (Fsp3) is 0.615. The maximum Gasteiger partial charge on any atom is 0.220 e. The summed E-state index contributed by atoms with van der Waals surface area (Å²) in [6.45, 7) is 3.69. The fourth-order valence-corrected chi connectivity index (χ4v) is 1.56. The first-order valence-corrected chi connectivity index (χ1v) is 6.83. The molecule has 0 aliphatic heterocycles. The SMILES string of the molecule is CCNCC(=O)c1cc(CNC(=O)CCCCN)on1. The van der Waals surface area contributed by atoms with Crippen molar-refractivity contribution in [3.05, 3.63) is 17.5 Å². The van der Waals surface area contributed by atoms with Crippen molar-refractivity contribution in [2.45, 2.75) is 32.7 Å². The highest BCUT2D eigenvalue weighted by molar-refractivity contribution is 5.95. The molecule has 0 aromatic carbocycles. The number of nitrogens with one attached hydrogen (secondary N) is 2. The van der Waals surface area contributed by atoms with Crippen LogP contribution >= 0.6 is 0 Å². The molecule has 0 saturated carbocycles. The quantitative estimate of drug-likeness (QED) is 0.418. The zero-order valence-corrected chi connectivity index (χ0v) is 11.8. The minimum atomic E-state index is -0.129. The van der Waals surface area contributed by atoms with Crippen molar-refractivity contribution in [3.63, 3.8) is 0 Å². The summed E-state index contributed by atoms with van der Waals surface area (Å²) < 4.78 is 5.01. The molecular formula is C13H22N4O3. The van der Waals surface area contributed by atoms with E-state index in [1.54, 1.807) is 6.07 Å². The van der Waals surface area contributed by atoms with Crippen molar-refractivity contribution in [3.8, 4) is 0 Å². The van der Waals surface area contributed by atoms with E-state index in [0.29, 0.717) is 18.7 Å². The first-order chi connectivity index (χ1) is 9.67. The van der Waals surface area contributed by atoms with Crippen molar-refractivity contribution in [2.24, 2.45) is 5.73 Å². The molecular weight excluding hydrogens is 260 g/mol. The Morgan fingerprint density at radius 1 is 1.40 bits per heavy atom. The van der Waals surface area contributed by atoms with E-state index >= 15 is 0 Å². The number of ketones is 1. The molecule has 20 heavy (non-hydrogen) atoms. The average Bonchev–Trinajstić information content (AvgIpc) is 2.92. The number of nitrogens with zero attached hydrogens (tertiary/aromatic N) is 1. The second-order valence-electron chi connectivity index (χ2n) is 4.40. The summed E-state index contributed by atoms with van der Waals surface area (Å²) in [6, 6.07) is 1.56. The Balaban J connectivity index is 2.33. The lowest BCUT2D eigenvalue weighted by molar-refractivity contribution is -0.121. The van der Waals surface area contributed by atoms with E-state index in [1.807, 2.05) is 6.92 Å². The van der Waals surface area contributed by atoms with Gasteiger partial charge in [-0.1, -0.05) is 12.1 Å². The Bertz CT molecular complexity index is 431. The summed E-state index contributed by atoms with van der Waals surface area (Å²) in [6.07, 6.45) is 2.04. The molecule has 1 aromatic heterocycles. The molecule has 0 atom stereocenters. The molecule has 0 radical (unpaired) electrons. The van der Waals surface area contributed by atoms with Crippen molar-refractivity contribution < 1.29 is 14.1 Å². The van der Waals surface area contributed by atoms with Gasteiger partial charge in [0.25, 0.3) is 0 Å². The molecule has 1 rings (SSSR count). The van der Waals surface area contributed by atoms with Crippen LogP contribution in [0.2, 0.25) is 0 Å². The van der Waals surface area contributed by atoms with Crippen LogP contribution in [0, 0.1) is 0 Å². The molecule has 0 bridgehead atoms. The smallest absolute Gasteiger partial charge is 0.220 e. The summed E-state index contributed by atoms with van der Waals surface area (Å²) in [7, 11) is 0. The largest absolute Gasteiger partial charge is 0.359 e. The van der Waals surface area contributed by atoms with Gasteiger partial charge in [-0.3, -0.25) is 9.59 Å². The number of Topliss-reactive ketones (excluding diaryl/α,β-unsaturated/α-hetero) is 1. The Morgan fingerprint density at radius 2 is 2.20 bits per heavy atom. The molecule has 0 aliphatic carbocycles. The van der Waals surface area contributed by atoms with Crippen LogP contribution in [-0.4, -0.2) is 36.5 Å². The third-order valence-corrected chi connectivity index (χ3v) is 2.70. The summed E-state index contributed by atoms with van der Waals surface area (Å²) in [5, 5.41) is 9.33. The predicted molar refractivity (Wildman–Crippen MR) is 74.1 cm³/mol. The molecule has 1 aromatic rings. The molecule has 0 unspecified atom stereocenters. The van der Waals surface area contributed by atoms with Gasteiger partial charge in [0.2, 0.25) is 5.91 Å². The standard InChI is InChI=1S/C13H22N4O3/c1-2-15-9-12(18)11-7-10(20-17-11)8-16-13(19)5-3-4-6-14/h7,15H,2-6,8-9,14H2,1H3,(H,16,19). The van der Waals surface area contributed by atoms with Crippen molar-refractivity contribution in [1.29, 1.82) is 0 Å². The van der Waals surface area contributed by atoms with E-state index in [-0.39, 0.29) is 30.5 Å². The molecule has 112 valence electrons. The lowest BCUT2D eigenvalue weighted by atomic mass is 10.2. The number of carbonyl (C=O) groups excluding carboxylic acids is 2. The van der Waals surface area contributed by atoms with Crippen LogP contribution in [0.3, 0.4) is 0 Å². The lowest BCUT2D eigenvalue weighted by Crippen LogP contribution is -2.23. The van der Waals surface area contributed by atoms with E-state index in [0.717, 1.165) is 19.4 Å². The van der Waals surface area contributed by atoms with Crippen LogP contribution in [0.1, 0.15) is 42.4 Å². The second kappa shape index (κ2) is 9.22. The maximum absolute atomic E-state index is 11.6. The normalized spacial score (nSPS) is 10.5. The van der Waals surface area contributed by atoms with E-state index in [9.17, 15) is 9.59 Å².